The van der Waals surface area contributed by atoms with Gasteiger partial charge in [-0.3, -0.25) is 10.1 Å². The van der Waals surface area contributed by atoms with Crippen molar-refractivity contribution in [2.75, 3.05) is 0 Å². The van der Waals surface area contributed by atoms with Gasteiger partial charge >= 0.3 is 0 Å². The van der Waals surface area contributed by atoms with Crippen LogP contribution in [0.15, 0.2) is 70.5 Å². The number of hydrogen-bond donors (Lipinski definition) is 0. The standard InChI is InChI=1S/C22H12FN3O3S/c23-19-7-2-1-6-18(19)21-9-8-17(29-21)11-15(12-24)22-25-20(13-30-22)14-4-3-5-16(10-14)26(27)28/h1-11,13H/b15-11+. The Hall–Kier alpha value is -4.09. The van der Waals surface area contributed by atoms with Crippen molar-refractivity contribution in [2.24, 2.45) is 0 Å². The first-order valence-electron chi connectivity index (χ1n) is 8.72. The van der Waals surface area contributed by atoms with Crippen molar-refractivity contribution >= 4 is 28.7 Å². The van der Waals surface area contributed by atoms with Crippen LogP contribution in [0.5, 0.6) is 0 Å². The first kappa shape index (κ1) is 19.2. The van der Waals surface area contributed by atoms with Gasteiger partial charge in [-0.15, -0.1) is 11.3 Å². The van der Waals surface area contributed by atoms with Crippen LogP contribution in [-0.2, 0) is 0 Å². The third-order valence-electron chi connectivity index (χ3n) is 4.26. The Kier molecular flexibility index (Phi) is 5.20. The molecule has 30 heavy (non-hydrogen) atoms. The monoisotopic (exact) mass is 417 g/mol. The van der Waals surface area contributed by atoms with Gasteiger partial charge in [-0.2, -0.15) is 5.26 Å². The summed E-state index contributed by atoms with van der Waals surface area (Å²) in [6, 6.07) is 17.8. The van der Waals surface area contributed by atoms with Crippen molar-refractivity contribution in [3.05, 3.63) is 92.7 Å². The highest BCUT2D eigenvalue weighted by Crippen LogP contribution is 2.30. The Morgan fingerprint density at radius 2 is 2.03 bits per heavy atom. The van der Waals surface area contributed by atoms with Gasteiger partial charge in [0.1, 0.15) is 28.4 Å². The molecule has 0 radical (unpaired) electrons. The van der Waals surface area contributed by atoms with E-state index >= 15 is 0 Å². The fourth-order valence-corrected chi connectivity index (χ4v) is 3.62. The third-order valence-corrected chi connectivity index (χ3v) is 5.14. The normalized spacial score (nSPS) is 11.3. The zero-order valence-electron chi connectivity index (χ0n) is 15.3. The van der Waals surface area contributed by atoms with Crippen molar-refractivity contribution < 1.29 is 13.7 Å². The van der Waals surface area contributed by atoms with Crippen LogP contribution in [0.1, 0.15) is 10.8 Å². The molecule has 0 spiro atoms. The predicted molar refractivity (Wildman–Crippen MR) is 112 cm³/mol. The van der Waals surface area contributed by atoms with Crippen LogP contribution < -0.4 is 0 Å². The lowest BCUT2D eigenvalue weighted by Crippen LogP contribution is -1.88. The molecule has 0 unspecified atom stereocenters. The van der Waals surface area contributed by atoms with E-state index in [2.05, 4.69) is 11.1 Å². The molecule has 0 aliphatic carbocycles. The average Bonchev–Trinajstić information content (AvgIpc) is 3.42. The molecule has 4 rings (SSSR count). The van der Waals surface area contributed by atoms with E-state index in [1.165, 1.54) is 35.6 Å². The highest BCUT2D eigenvalue weighted by molar-refractivity contribution is 7.11. The van der Waals surface area contributed by atoms with E-state index in [9.17, 15) is 19.8 Å². The lowest BCUT2D eigenvalue weighted by molar-refractivity contribution is -0.384. The molecule has 6 nitrogen and oxygen atoms in total. The molecule has 0 aliphatic heterocycles. The van der Waals surface area contributed by atoms with Crippen LogP contribution in [0.25, 0.3) is 34.2 Å². The maximum absolute atomic E-state index is 13.9. The molecule has 0 bridgehead atoms. The minimum Gasteiger partial charge on any atom is -0.457 e. The van der Waals surface area contributed by atoms with E-state index in [1.807, 2.05) is 0 Å². The zero-order chi connectivity index (χ0) is 21.1. The maximum Gasteiger partial charge on any atom is 0.270 e. The number of allylic oxidation sites excluding steroid dienone is 1. The number of aromatic nitrogens is 1. The molecule has 2 aromatic carbocycles. The quantitative estimate of drug-likeness (QED) is 0.219. The number of thiazole rings is 1. The van der Waals surface area contributed by atoms with Gasteiger partial charge in [0.2, 0.25) is 0 Å². The molecule has 0 fully saturated rings. The SMILES string of the molecule is N#C/C(=C\c1ccc(-c2ccccc2F)o1)c1nc(-c2cccc([N+](=O)[O-])c2)cs1. The molecule has 146 valence electrons. The number of nitro benzene ring substituents is 1. The first-order valence-corrected chi connectivity index (χ1v) is 9.60. The summed E-state index contributed by atoms with van der Waals surface area (Å²) < 4.78 is 19.6. The van der Waals surface area contributed by atoms with Gasteiger partial charge in [0.15, 0.2) is 0 Å². The second kappa shape index (κ2) is 8.11. The second-order valence-corrected chi connectivity index (χ2v) is 7.06. The summed E-state index contributed by atoms with van der Waals surface area (Å²) in [6.45, 7) is 0. The van der Waals surface area contributed by atoms with Crippen molar-refractivity contribution in [3.8, 4) is 28.7 Å². The third kappa shape index (κ3) is 3.87. The van der Waals surface area contributed by atoms with E-state index in [1.54, 1.807) is 47.8 Å². The van der Waals surface area contributed by atoms with E-state index in [0.29, 0.717) is 33.3 Å². The highest BCUT2D eigenvalue weighted by atomic mass is 32.1. The van der Waals surface area contributed by atoms with Gasteiger partial charge in [-0.25, -0.2) is 9.37 Å². The molecule has 2 heterocycles. The number of non-ortho nitro benzene ring substituents is 1. The fraction of sp³-hybridized carbons (Fsp3) is 0. The smallest absolute Gasteiger partial charge is 0.270 e. The number of nitrogens with zero attached hydrogens (tertiary/aromatic N) is 3. The van der Waals surface area contributed by atoms with Crippen molar-refractivity contribution in [3.63, 3.8) is 0 Å². The van der Waals surface area contributed by atoms with E-state index < -0.39 is 10.7 Å². The van der Waals surface area contributed by atoms with Crippen LogP contribution >= 0.6 is 11.3 Å². The summed E-state index contributed by atoms with van der Waals surface area (Å²) >= 11 is 1.24. The number of halogens is 1. The van der Waals surface area contributed by atoms with Crippen LogP contribution in [0.4, 0.5) is 10.1 Å². The largest absolute Gasteiger partial charge is 0.457 e. The second-order valence-electron chi connectivity index (χ2n) is 6.20. The van der Waals surface area contributed by atoms with Gasteiger partial charge in [0, 0.05) is 29.2 Å². The van der Waals surface area contributed by atoms with Crippen molar-refractivity contribution in [2.45, 2.75) is 0 Å². The van der Waals surface area contributed by atoms with Gasteiger partial charge < -0.3 is 4.42 Å². The summed E-state index contributed by atoms with van der Waals surface area (Å²) in [6.07, 6.45) is 1.53. The van der Waals surface area contributed by atoms with Crippen LogP contribution in [-0.4, -0.2) is 9.91 Å². The molecule has 0 atom stereocenters. The summed E-state index contributed by atoms with van der Waals surface area (Å²) in [4.78, 5) is 14.9. The Labute approximate surface area is 174 Å². The predicted octanol–water partition coefficient (Wildman–Crippen LogP) is 6.18. The van der Waals surface area contributed by atoms with Crippen molar-refractivity contribution in [1.29, 1.82) is 5.26 Å². The van der Waals surface area contributed by atoms with Gasteiger partial charge in [0.05, 0.1) is 21.8 Å². The van der Waals surface area contributed by atoms with Crippen LogP contribution in [0.3, 0.4) is 0 Å². The number of hydrogen-bond acceptors (Lipinski definition) is 6. The van der Waals surface area contributed by atoms with Gasteiger partial charge in [-0.05, 0) is 24.3 Å². The van der Waals surface area contributed by atoms with E-state index in [4.69, 9.17) is 4.42 Å². The lowest BCUT2D eigenvalue weighted by atomic mass is 10.1. The molecule has 0 saturated heterocycles. The summed E-state index contributed by atoms with van der Waals surface area (Å²) in [5.41, 5.74) is 1.69. The minimum atomic E-state index is -0.471. The molecular weight excluding hydrogens is 405 g/mol. The Bertz CT molecular complexity index is 1320. The summed E-state index contributed by atoms with van der Waals surface area (Å²) in [7, 11) is 0. The number of nitro groups is 1. The highest BCUT2D eigenvalue weighted by Gasteiger charge is 2.14. The zero-order valence-corrected chi connectivity index (χ0v) is 16.1. The molecule has 2 aromatic heterocycles. The minimum absolute atomic E-state index is 0.0330. The molecule has 8 heteroatoms. The number of rotatable bonds is 5. The maximum atomic E-state index is 13.9. The lowest BCUT2D eigenvalue weighted by Gasteiger charge is -1.98. The molecule has 0 N–H and O–H groups in total. The summed E-state index contributed by atoms with van der Waals surface area (Å²) in [5, 5.41) is 22.7. The van der Waals surface area contributed by atoms with Crippen LogP contribution in [0.2, 0.25) is 0 Å². The summed E-state index contributed by atoms with van der Waals surface area (Å²) in [5.74, 6) is 0.342. The molecule has 0 aliphatic rings. The molecular formula is C22H12FN3O3S. The Morgan fingerprint density at radius 1 is 1.20 bits per heavy atom. The number of benzene rings is 2. The average molecular weight is 417 g/mol. The molecule has 4 aromatic rings. The van der Waals surface area contributed by atoms with Crippen LogP contribution in [0, 0.1) is 27.3 Å². The molecule has 0 amide bonds. The van der Waals surface area contributed by atoms with Gasteiger partial charge in [-0.1, -0.05) is 24.3 Å². The Balaban J connectivity index is 1.64. The topological polar surface area (TPSA) is 93.0 Å². The first-order chi connectivity index (χ1) is 14.5. The van der Waals surface area contributed by atoms with E-state index in [-0.39, 0.29) is 11.3 Å². The number of nitriles is 1. The Morgan fingerprint density at radius 3 is 2.80 bits per heavy atom. The van der Waals surface area contributed by atoms with E-state index in [0.717, 1.165) is 0 Å². The molecule has 0 saturated carbocycles. The number of furan rings is 1. The fourth-order valence-electron chi connectivity index (χ4n) is 2.83. The van der Waals surface area contributed by atoms with Crippen molar-refractivity contribution in [1.82, 2.24) is 4.98 Å². The van der Waals surface area contributed by atoms with Gasteiger partial charge in [0.25, 0.3) is 5.69 Å².